The van der Waals surface area contributed by atoms with Crippen LogP contribution in [0.2, 0.25) is 0 Å². The highest BCUT2D eigenvalue weighted by Gasteiger charge is 2.19. The first-order valence-electron chi connectivity index (χ1n) is 33.3. The summed E-state index contributed by atoms with van der Waals surface area (Å²) in [6.45, 7) is 6.55. The monoisotopic (exact) mass is 1060 g/mol. The summed E-state index contributed by atoms with van der Waals surface area (Å²) < 4.78 is 17.0. The van der Waals surface area contributed by atoms with E-state index in [0.717, 1.165) is 96.3 Å². The molecule has 6 heteroatoms. The predicted molar refractivity (Wildman–Crippen MR) is 330 cm³/mol. The lowest BCUT2D eigenvalue weighted by Gasteiger charge is -2.18. The normalized spacial score (nSPS) is 12.4. The Bertz CT molecular complexity index is 1360. The summed E-state index contributed by atoms with van der Waals surface area (Å²) in [7, 11) is 0. The highest BCUT2D eigenvalue weighted by atomic mass is 16.6. The predicted octanol–water partition coefficient (Wildman–Crippen LogP) is 22.7. The van der Waals surface area contributed by atoms with Crippen LogP contribution in [0.1, 0.15) is 348 Å². The maximum atomic E-state index is 12.9. The molecule has 0 amide bonds. The lowest BCUT2D eigenvalue weighted by Crippen LogP contribution is -2.30. The molecule has 0 saturated heterocycles. The van der Waals surface area contributed by atoms with Gasteiger partial charge in [0.25, 0.3) is 0 Å². The molecule has 0 aromatic rings. The van der Waals surface area contributed by atoms with Gasteiger partial charge in [-0.1, -0.05) is 306 Å². The van der Waals surface area contributed by atoms with Crippen LogP contribution < -0.4 is 0 Å². The SMILES string of the molecule is CC/C=C\C/C=C\C/C=C\CCCCCCCCCC(=O)OC(COC(=O)CCCCCCCCC/C=C\C/C=C\CCCCC)COC(=O)CCCCCCCCCCCCCCCCCCCCCCCCCC. The maximum Gasteiger partial charge on any atom is 0.306 e. The van der Waals surface area contributed by atoms with Gasteiger partial charge in [-0.2, -0.15) is 0 Å². The average Bonchev–Trinajstić information content (AvgIpc) is 3.42. The van der Waals surface area contributed by atoms with Crippen LogP contribution in [-0.2, 0) is 28.6 Å². The molecule has 0 bridgehead atoms. The van der Waals surface area contributed by atoms with Gasteiger partial charge >= 0.3 is 17.9 Å². The van der Waals surface area contributed by atoms with Crippen molar-refractivity contribution in [3.8, 4) is 0 Å². The van der Waals surface area contributed by atoms with Crippen molar-refractivity contribution in [3.63, 3.8) is 0 Å². The van der Waals surface area contributed by atoms with Gasteiger partial charge < -0.3 is 14.2 Å². The second-order valence-electron chi connectivity index (χ2n) is 22.4. The molecule has 442 valence electrons. The topological polar surface area (TPSA) is 78.9 Å². The summed E-state index contributed by atoms with van der Waals surface area (Å²) in [6, 6.07) is 0. The number of hydrogen-bond donors (Lipinski definition) is 0. The second-order valence-corrected chi connectivity index (χ2v) is 22.4. The van der Waals surface area contributed by atoms with E-state index in [2.05, 4.69) is 81.5 Å². The minimum atomic E-state index is -0.783. The van der Waals surface area contributed by atoms with Crippen molar-refractivity contribution < 1.29 is 28.6 Å². The molecule has 0 aliphatic carbocycles. The van der Waals surface area contributed by atoms with Crippen LogP contribution in [-0.4, -0.2) is 37.2 Å². The molecule has 0 aliphatic heterocycles. The fourth-order valence-electron chi connectivity index (χ4n) is 9.79. The number of esters is 3. The van der Waals surface area contributed by atoms with Crippen LogP contribution in [0.3, 0.4) is 0 Å². The molecule has 0 spiro atoms. The Hall–Kier alpha value is -2.89. The van der Waals surface area contributed by atoms with Crippen LogP contribution in [0.4, 0.5) is 0 Å². The van der Waals surface area contributed by atoms with Crippen LogP contribution in [0.5, 0.6) is 0 Å². The molecule has 1 atom stereocenters. The van der Waals surface area contributed by atoms with Crippen LogP contribution in [0, 0.1) is 0 Å². The molecule has 0 aromatic carbocycles. The largest absolute Gasteiger partial charge is 0.462 e. The van der Waals surface area contributed by atoms with E-state index in [-0.39, 0.29) is 31.1 Å². The van der Waals surface area contributed by atoms with Gasteiger partial charge in [-0.05, 0) is 83.5 Å². The number of allylic oxidation sites excluding steroid dienone is 10. The quantitative estimate of drug-likeness (QED) is 0.0261. The van der Waals surface area contributed by atoms with Gasteiger partial charge in [0.15, 0.2) is 6.10 Å². The van der Waals surface area contributed by atoms with Gasteiger partial charge in [0.05, 0.1) is 0 Å². The van der Waals surface area contributed by atoms with Crippen LogP contribution in [0.15, 0.2) is 60.8 Å². The van der Waals surface area contributed by atoms with Crippen molar-refractivity contribution in [2.45, 2.75) is 354 Å². The van der Waals surface area contributed by atoms with E-state index >= 15 is 0 Å². The summed E-state index contributed by atoms with van der Waals surface area (Å²) in [5.74, 6) is -0.875. The van der Waals surface area contributed by atoms with Gasteiger partial charge in [0, 0.05) is 19.3 Å². The molecule has 0 rings (SSSR count). The zero-order valence-corrected chi connectivity index (χ0v) is 50.8. The third kappa shape index (κ3) is 62.0. The van der Waals surface area contributed by atoms with Crippen molar-refractivity contribution in [2.75, 3.05) is 13.2 Å². The highest BCUT2D eigenvalue weighted by molar-refractivity contribution is 5.71. The highest BCUT2D eigenvalue weighted by Crippen LogP contribution is 2.18. The molecule has 0 N–H and O–H groups in total. The standard InChI is InChI=1S/C70H126O6/c1-4-7-10-13-16-19-22-25-28-31-32-33-34-35-36-37-40-42-45-48-51-54-57-60-63-69(72)75-66-67(76-70(73)64-61-58-55-52-49-46-43-39-30-27-24-21-18-15-12-9-6-3)65-74-68(71)62-59-56-53-50-47-44-41-38-29-26-23-20-17-14-11-8-5-2/h9,12,17-18,20-21,26-27,29-30,67H,4-8,10-11,13-16,19,22-25,28,31-66H2,1-3H3/b12-9-,20-17-,21-18-,29-26-,30-27-. The summed E-state index contributed by atoms with van der Waals surface area (Å²) in [4.78, 5) is 38.4. The van der Waals surface area contributed by atoms with E-state index in [9.17, 15) is 14.4 Å². The lowest BCUT2D eigenvalue weighted by atomic mass is 10.0. The van der Waals surface area contributed by atoms with Crippen molar-refractivity contribution in [1.82, 2.24) is 0 Å². The summed E-state index contributed by atoms with van der Waals surface area (Å²) in [5.41, 5.74) is 0. The zero-order chi connectivity index (χ0) is 55.0. The Morgan fingerprint density at radius 3 is 0.829 bits per heavy atom. The number of ether oxygens (including phenoxy) is 3. The first-order chi connectivity index (χ1) is 37.5. The second kappa shape index (κ2) is 64.6. The molecule has 0 radical (unpaired) electrons. The maximum absolute atomic E-state index is 12.9. The van der Waals surface area contributed by atoms with Gasteiger partial charge in [-0.3, -0.25) is 14.4 Å². The van der Waals surface area contributed by atoms with E-state index in [1.807, 2.05) is 0 Å². The fraction of sp³-hybridized carbons (Fsp3) is 0.814. The first kappa shape index (κ1) is 73.1. The number of unbranched alkanes of at least 4 members (excludes halogenated alkanes) is 40. The van der Waals surface area contributed by atoms with Crippen molar-refractivity contribution >= 4 is 17.9 Å². The molecule has 0 fully saturated rings. The lowest BCUT2D eigenvalue weighted by molar-refractivity contribution is -0.167. The van der Waals surface area contributed by atoms with E-state index < -0.39 is 6.10 Å². The molecule has 0 aliphatic rings. The summed E-state index contributed by atoms with van der Waals surface area (Å²) in [5, 5.41) is 0. The Balaban J connectivity index is 4.31. The fourth-order valence-corrected chi connectivity index (χ4v) is 9.79. The third-order valence-electron chi connectivity index (χ3n) is 14.8. The number of rotatable bonds is 61. The van der Waals surface area contributed by atoms with Crippen molar-refractivity contribution in [1.29, 1.82) is 0 Å². The van der Waals surface area contributed by atoms with E-state index in [0.29, 0.717) is 19.3 Å². The number of carbonyl (C=O) groups excluding carboxylic acids is 3. The van der Waals surface area contributed by atoms with Crippen molar-refractivity contribution in [2.24, 2.45) is 0 Å². The van der Waals surface area contributed by atoms with Gasteiger partial charge in [-0.15, -0.1) is 0 Å². The van der Waals surface area contributed by atoms with E-state index in [1.54, 1.807) is 0 Å². The molecule has 1 unspecified atom stereocenters. The number of carbonyl (C=O) groups is 3. The molecular weight excluding hydrogens is 937 g/mol. The Kier molecular flexibility index (Phi) is 62.2. The van der Waals surface area contributed by atoms with Gasteiger partial charge in [0.1, 0.15) is 13.2 Å². The minimum Gasteiger partial charge on any atom is -0.462 e. The smallest absolute Gasteiger partial charge is 0.306 e. The average molecular weight is 1060 g/mol. The minimum absolute atomic E-state index is 0.0776. The Morgan fingerprint density at radius 2 is 0.513 bits per heavy atom. The first-order valence-corrected chi connectivity index (χ1v) is 33.3. The molecule has 0 aromatic heterocycles. The summed E-state index contributed by atoms with van der Waals surface area (Å²) >= 11 is 0. The Morgan fingerprint density at radius 1 is 0.276 bits per heavy atom. The molecule has 0 heterocycles. The van der Waals surface area contributed by atoms with Crippen molar-refractivity contribution in [3.05, 3.63) is 60.8 Å². The van der Waals surface area contributed by atoms with Gasteiger partial charge in [0.2, 0.25) is 0 Å². The number of hydrogen-bond acceptors (Lipinski definition) is 6. The Labute approximate surface area is 472 Å². The van der Waals surface area contributed by atoms with Gasteiger partial charge in [-0.25, -0.2) is 0 Å². The zero-order valence-electron chi connectivity index (χ0n) is 50.8. The molecule has 0 saturated carbocycles. The van der Waals surface area contributed by atoms with Crippen LogP contribution in [0.25, 0.3) is 0 Å². The molecular formula is C70H126O6. The van der Waals surface area contributed by atoms with E-state index in [1.165, 1.54) is 212 Å². The molecule has 76 heavy (non-hydrogen) atoms. The van der Waals surface area contributed by atoms with E-state index in [4.69, 9.17) is 14.2 Å². The van der Waals surface area contributed by atoms with Crippen LogP contribution >= 0.6 is 0 Å². The third-order valence-corrected chi connectivity index (χ3v) is 14.8. The summed E-state index contributed by atoms with van der Waals surface area (Å²) in [6.07, 6.45) is 82.3. The molecule has 6 nitrogen and oxygen atoms in total.